The van der Waals surface area contributed by atoms with E-state index >= 15 is 0 Å². The Kier molecular flexibility index (Phi) is 4.22. The zero-order valence-electron chi connectivity index (χ0n) is 11.0. The summed E-state index contributed by atoms with van der Waals surface area (Å²) in [5.74, 6) is 0. The highest BCUT2D eigenvalue weighted by Crippen LogP contribution is 2.25. The van der Waals surface area contributed by atoms with E-state index in [-0.39, 0.29) is 24.9 Å². The van der Waals surface area contributed by atoms with Gasteiger partial charge in [-0.3, -0.25) is 4.90 Å². The van der Waals surface area contributed by atoms with Crippen molar-refractivity contribution in [3.8, 4) is 0 Å². The monoisotopic (exact) mass is 250 g/mol. The summed E-state index contributed by atoms with van der Waals surface area (Å²) in [5, 5.41) is 9.25. The number of anilines is 1. The quantitative estimate of drug-likeness (QED) is 0.796. The van der Waals surface area contributed by atoms with Gasteiger partial charge in [0.1, 0.15) is 0 Å². The van der Waals surface area contributed by atoms with Crippen LogP contribution in [-0.2, 0) is 4.74 Å². The van der Waals surface area contributed by atoms with Crippen molar-refractivity contribution in [3.05, 3.63) is 29.8 Å². The fourth-order valence-electron chi connectivity index (χ4n) is 2.53. The van der Waals surface area contributed by atoms with Crippen molar-refractivity contribution in [2.75, 3.05) is 25.4 Å². The lowest BCUT2D eigenvalue weighted by Gasteiger charge is -2.39. The van der Waals surface area contributed by atoms with E-state index in [4.69, 9.17) is 10.5 Å². The van der Waals surface area contributed by atoms with Crippen molar-refractivity contribution in [1.82, 2.24) is 4.90 Å². The SMILES string of the molecule is CC1CN(C(C)c2cccc(N)c2)CC(CO)O1. The predicted molar refractivity (Wildman–Crippen MR) is 72.3 cm³/mol. The summed E-state index contributed by atoms with van der Waals surface area (Å²) >= 11 is 0. The Morgan fingerprint density at radius 2 is 2.28 bits per heavy atom. The third kappa shape index (κ3) is 3.02. The van der Waals surface area contributed by atoms with E-state index in [0.29, 0.717) is 0 Å². The van der Waals surface area contributed by atoms with Gasteiger partial charge in [0, 0.05) is 24.8 Å². The minimum atomic E-state index is -0.0859. The van der Waals surface area contributed by atoms with E-state index in [1.54, 1.807) is 0 Å². The Hall–Kier alpha value is -1.10. The first kappa shape index (κ1) is 13.3. The molecule has 0 bridgehead atoms. The van der Waals surface area contributed by atoms with Crippen molar-refractivity contribution >= 4 is 5.69 Å². The first-order chi connectivity index (χ1) is 8.60. The highest BCUT2D eigenvalue weighted by molar-refractivity contribution is 5.41. The molecule has 3 atom stereocenters. The number of morpholine rings is 1. The molecule has 3 N–H and O–H groups in total. The molecule has 0 amide bonds. The maximum Gasteiger partial charge on any atom is 0.0936 e. The van der Waals surface area contributed by atoms with Gasteiger partial charge < -0.3 is 15.6 Å². The van der Waals surface area contributed by atoms with Crippen LogP contribution in [0.15, 0.2) is 24.3 Å². The van der Waals surface area contributed by atoms with E-state index in [1.165, 1.54) is 5.56 Å². The van der Waals surface area contributed by atoms with Gasteiger partial charge in [-0.1, -0.05) is 12.1 Å². The fraction of sp³-hybridized carbons (Fsp3) is 0.571. The molecular weight excluding hydrogens is 228 g/mol. The predicted octanol–water partition coefficient (Wildman–Crippen LogP) is 1.41. The second-order valence-electron chi connectivity index (χ2n) is 5.05. The molecular formula is C14H22N2O2. The third-order valence-electron chi connectivity index (χ3n) is 3.50. The second kappa shape index (κ2) is 5.69. The average Bonchev–Trinajstić information content (AvgIpc) is 2.37. The lowest BCUT2D eigenvalue weighted by Crippen LogP contribution is -2.48. The van der Waals surface area contributed by atoms with Crippen LogP contribution in [0.1, 0.15) is 25.5 Å². The number of nitrogen functional groups attached to an aromatic ring is 1. The first-order valence-electron chi connectivity index (χ1n) is 6.46. The van der Waals surface area contributed by atoms with Crippen LogP contribution >= 0.6 is 0 Å². The molecule has 0 spiro atoms. The van der Waals surface area contributed by atoms with Crippen molar-refractivity contribution in [1.29, 1.82) is 0 Å². The van der Waals surface area contributed by atoms with E-state index in [0.717, 1.165) is 18.8 Å². The van der Waals surface area contributed by atoms with Crippen LogP contribution in [0, 0.1) is 0 Å². The molecule has 1 aromatic carbocycles. The molecule has 2 rings (SSSR count). The maximum atomic E-state index is 9.25. The van der Waals surface area contributed by atoms with E-state index < -0.39 is 0 Å². The van der Waals surface area contributed by atoms with E-state index in [1.807, 2.05) is 25.1 Å². The minimum Gasteiger partial charge on any atom is -0.399 e. The minimum absolute atomic E-state index is 0.0739. The molecule has 0 radical (unpaired) electrons. The molecule has 0 aliphatic carbocycles. The van der Waals surface area contributed by atoms with Gasteiger partial charge in [0.2, 0.25) is 0 Å². The number of nitrogens with two attached hydrogens (primary N) is 1. The number of hydrogen-bond donors (Lipinski definition) is 2. The largest absolute Gasteiger partial charge is 0.399 e. The van der Waals surface area contributed by atoms with E-state index in [9.17, 15) is 5.11 Å². The smallest absolute Gasteiger partial charge is 0.0936 e. The van der Waals surface area contributed by atoms with Gasteiger partial charge in [-0.15, -0.1) is 0 Å². The van der Waals surface area contributed by atoms with Gasteiger partial charge in [0.15, 0.2) is 0 Å². The van der Waals surface area contributed by atoms with Gasteiger partial charge in [-0.25, -0.2) is 0 Å². The molecule has 0 aromatic heterocycles. The van der Waals surface area contributed by atoms with Crippen molar-refractivity contribution in [2.24, 2.45) is 0 Å². The summed E-state index contributed by atoms with van der Waals surface area (Å²) in [5.41, 5.74) is 7.82. The standard InChI is InChI=1S/C14H22N2O2/c1-10-7-16(8-14(9-17)18-10)11(2)12-4-3-5-13(15)6-12/h3-6,10-11,14,17H,7-9,15H2,1-2H3. The number of benzene rings is 1. The van der Waals surface area contributed by atoms with Gasteiger partial charge in [-0.05, 0) is 31.5 Å². The van der Waals surface area contributed by atoms with E-state index in [2.05, 4.69) is 17.9 Å². The molecule has 18 heavy (non-hydrogen) atoms. The van der Waals surface area contributed by atoms with Gasteiger partial charge in [0.05, 0.1) is 18.8 Å². The van der Waals surface area contributed by atoms with Crippen LogP contribution < -0.4 is 5.73 Å². The van der Waals surface area contributed by atoms with Crippen LogP contribution in [-0.4, -0.2) is 41.9 Å². The van der Waals surface area contributed by atoms with Crippen LogP contribution in [0.5, 0.6) is 0 Å². The Morgan fingerprint density at radius 1 is 1.50 bits per heavy atom. The molecule has 1 aromatic rings. The molecule has 1 aliphatic heterocycles. The highest BCUT2D eigenvalue weighted by atomic mass is 16.5. The number of aliphatic hydroxyl groups excluding tert-OH is 1. The molecule has 1 aliphatic rings. The first-order valence-corrected chi connectivity index (χ1v) is 6.46. The summed E-state index contributed by atoms with van der Waals surface area (Å²) in [6.07, 6.45) is 0.0664. The fourth-order valence-corrected chi connectivity index (χ4v) is 2.53. The second-order valence-corrected chi connectivity index (χ2v) is 5.05. The molecule has 4 nitrogen and oxygen atoms in total. The van der Waals surface area contributed by atoms with Crippen LogP contribution in [0.2, 0.25) is 0 Å². The Labute approximate surface area is 108 Å². The van der Waals surface area contributed by atoms with Crippen molar-refractivity contribution < 1.29 is 9.84 Å². The summed E-state index contributed by atoms with van der Waals surface area (Å²) in [6.45, 7) is 5.93. The van der Waals surface area contributed by atoms with Crippen molar-refractivity contribution in [2.45, 2.75) is 32.1 Å². The topological polar surface area (TPSA) is 58.7 Å². The van der Waals surface area contributed by atoms with Crippen LogP contribution in [0.3, 0.4) is 0 Å². The van der Waals surface area contributed by atoms with Gasteiger partial charge in [-0.2, -0.15) is 0 Å². The molecule has 1 fully saturated rings. The summed E-state index contributed by atoms with van der Waals surface area (Å²) in [7, 11) is 0. The van der Waals surface area contributed by atoms with Gasteiger partial charge in [0.25, 0.3) is 0 Å². The zero-order valence-corrected chi connectivity index (χ0v) is 11.0. The molecule has 100 valence electrons. The molecule has 0 saturated carbocycles. The number of rotatable bonds is 3. The highest BCUT2D eigenvalue weighted by Gasteiger charge is 2.28. The number of hydrogen-bond acceptors (Lipinski definition) is 4. The number of ether oxygens (including phenoxy) is 1. The normalized spacial score (nSPS) is 27.1. The summed E-state index contributed by atoms with van der Waals surface area (Å²) in [6, 6.07) is 8.27. The Morgan fingerprint density at radius 3 is 2.94 bits per heavy atom. The molecule has 1 saturated heterocycles. The molecule has 4 heteroatoms. The third-order valence-corrected chi connectivity index (χ3v) is 3.50. The average molecular weight is 250 g/mol. The number of nitrogens with zero attached hydrogens (tertiary/aromatic N) is 1. The Bertz CT molecular complexity index is 397. The maximum absolute atomic E-state index is 9.25. The van der Waals surface area contributed by atoms with Crippen LogP contribution in [0.25, 0.3) is 0 Å². The molecule has 3 unspecified atom stereocenters. The van der Waals surface area contributed by atoms with Crippen LogP contribution in [0.4, 0.5) is 5.69 Å². The molecule has 1 heterocycles. The Balaban J connectivity index is 2.10. The summed E-state index contributed by atoms with van der Waals surface area (Å²) in [4.78, 5) is 2.34. The lowest BCUT2D eigenvalue weighted by atomic mass is 10.0. The summed E-state index contributed by atoms with van der Waals surface area (Å²) < 4.78 is 5.66. The zero-order chi connectivity index (χ0) is 13.1. The van der Waals surface area contributed by atoms with Crippen molar-refractivity contribution in [3.63, 3.8) is 0 Å². The lowest BCUT2D eigenvalue weighted by molar-refractivity contribution is -0.104. The number of aliphatic hydroxyl groups is 1. The van der Waals surface area contributed by atoms with Gasteiger partial charge >= 0.3 is 0 Å².